The summed E-state index contributed by atoms with van der Waals surface area (Å²) in [5.41, 5.74) is 3.68. The number of carbonyl (C=O) groups excluding carboxylic acids is 3. The van der Waals surface area contributed by atoms with Crippen LogP contribution >= 0.6 is 0 Å². The summed E-state index contributed by atoms with van der Waals surface area (Å²) in [6.07, 6.45) is 2.53. The highest BCUT2D eigenvalue weighted by Crippen LogP contribution is 2.32. The highest BCUT2D eigenvalue weighted by molar-refractivity contribution is 6.06. The second-order valence-corrected chi connectivity index (χ2v) is 6.30. The van der Waals surface area contributed by atoms with E-state index in [2.05, 4.69) is 18.8 Å². The SMILES string of the molecule is C=C[C@@H](C)c1cc(C)c2c(c1)CN(C1CCC(=O)NC1=O)C2=O. The van der Waals surface area contributed by atoms with Crippen LogP contribution in [0.15, 0.2) is 24.8 Å². The molecule has 5 nitrogen and oxygen atoms in total. The fraction of sp³-hybridized carbons (Fsp3) is 0.389. The van der Waals surface area contributed by atoms with Crippen LogP contribution in [0.2, 0.25) is 0 Å². The third-order valence-electron chi connectivity index (χ3n) is 4.72. The number of piperidine rings is 1. The van der Waals surface area contributed by atoms with E-state index in [4.69, 9.17) is 0 Å². The third kappa shape index (κ3) is 2.56. The first-order valence-electron chi connectivity index (χ1n) is 7.83. The zero-order valence-corrected chi connectivity index (χ0v) is 13.4. The van der Waals surface area contributed by atoms with E-state index in [9.17, 15) is 14.4 Å². The largest absolute Gasteiger partial charge is 0.322 e. The number of rotatable bonds is 3. The van der Waals surface area contributed by atoms with Gasteiger partial charge in [0.2, 0.25) is 11.8 Å². The second kappa shape index (κ2) is 5.65. The van der Waals surface area contributed by atoms with Gasteiger partial charge < -0.3 is 4.90 Å². The topological polar surface area (TPSA) is 66.5 Å². The molecule has 120 valence electrons. The van der Waals surface area contributed by atoms with Crippen LogP contribution in [-0.2, 0) is 16.1 Å². The van der Waals surface area contributed by atoms with Gasteiger partial charge in [0.15, 0.2) is 0 Å². The molecule has 2 aliphatic rings. The Kier molecular flexibility index (Phi) is 3.80. The molecule has 1 fully saturated rings. The molecule has 0 aromatic heterocycles. The maximum absolute atomic E-state index is 12.7. The van der Waals surface area contributed by atoms with E-state index < -0.39 is 6.04 Å². The van der Waals surface area contributed by atoms with Crippen molar-refractivity contribution < 1.29 is 14.4 Å². The van der Waals surface area contributed by atoms with Gasteiger partial charge in [0.1, 0.15) is 6.04 Å². The first kappa shape index (κ1) is 15.5. The summed E-state index contributed by atoms with van der Waals surface area (Å²) in [5, 5.41) is 2.32. The van der Waals surface area contributed by atoms with Crippen LogP contribution < -0.4 is 5.32 Å². The number of nitrogens with one attached hydrogen (secondary N) is 1. The number of allylic oxidation sites excluding steroid dienone is 1. The second-order valence-electron chi connectivity index (χ2n) is 6.30. The van der Waals surface area contributed by atoms with Gasteiger partial charge in [-0.15, -0.1) is 6.58 Å². The van der Waals surface area contributed by atoms with Crippen molar-refractivity contribution >= 4 is 17.7 Å². The minimum absolute atomic E-state index is 0.121. The van der Waals surface area contributed by atoms with Crippen LogP contribution in [-0.4, -0.2) is 28.7 Å². The first-order valence-corrected chi connectivity index (χ1v) is 7.83. The predicted molar refractivity (Wildman–Crippen MR) is 85.8 cm³/mol. The van der Waals surface area contributed by atoms with Crippen molar-refractivity contribution in [1.29, 1.82) is 0 Å². The highest BCUT2D eigenvalue weighted by Gasteiger charge is 2.39. The van der Waals surface area contributed by atoms with Crippen molar-refractivity contribution in [3.63, 3.8) is 0 Å². The number of aryl methyl sites for hydroxylation is 1. The van der Waals surface area contributed by atoms with Gasteiger partial charge in [0, 0.05) is 18.5 Å². The average molecular weight is 312 g/mol. The molecule has 1 aromatic carbocycles. The minimum Gasteiger partial charge on any atom is -0.322 e. The van der Waals surface area contributed by atoms with Crippen molar-refractivity contribution in [2.45, 2.75) is 45.2 Å². The molecule has 1 N–H and O–H groups in total. The minimum atomic E-state index is -0.563. The molecule has 3 amide bonds. The van der Waals surface area contributed by atoms with Gasteiger partial charge in [0.25, 0.3) is 5.91 Å². The van der Waals surface area contributed by atoms with Crippen LogP contribution in [0.25, 0.3) is 0 Å². The number of nitrogens with zero attached hydrogens (tertiary/aromatic N) is 1. The number of carbonyl (C=O) groups is 3. The molecule has 0 spiro atoms. The van der Waals surface area contributed by atoms with Gasteiger partial charge in [-0.2, -0.15) is 0 Å². The zero-order chi connectivity index (χ0) is 16.7. The normalized spacial score (nSPS) is 21.9. The fourth-order valence-electron chi connectivity index (χ4n) is 3.35. The van der Waals surface area contributed by atoms with Crippen molar-refractivity contribution in [1.82, 2.24) is 10.2 Å². The molecule has 0 radical (unpaired) electrons. The molecule has 0 bridgehead atoms. The van der Waals surface area contributed by atoms with Crippen molar-refractivity contribution in [3.8, 4) is 0 Å². The molecule has 2 heterocycles. The molecule has 0 saturated carbocycles. The number of hydrogen-bond donors (Lipinski definition) is 1. The quantitative estimate of drug-likeness (QED) is 0.686. The van der Waals surface area contributed by atoms with Gasteiger partial charge in [-0.25, -0.2) is 0 Å². The van der Waals surface area contributed by atoms with Crippen LogP contribution in [0, 0.1) is 6.92 Å². The lowest BCUT2D eigenvalue weighted by Gasteiger charge is -2.29. The van der Waals surface area contributed by atoms with Crippen LogP contribution in [0.3, 0.4) is 0 Å². The van der Waals surface area contributed by atoms with Gasteiger partial charge in [0.05, 0.1) is 0 Å². The molecule has 1 unspecified atom stereocenters. The Morgan fingerprint density at radius 2 is 2.09 bits per heavy atom. The van der Waals surface area contributed by atoms with E-state index in [-0.39, 0.29) is 30.1 Å². The van der Waals surface area contributed by atoms with Crippen LogP contribution in [0.5, 0.6) is 0 Å². The zero-order valence-electron chi connectivity index (χ0n) is 13.4. The van der Waals surface area contributed by atoms with Gasteiger partial charge in [-0.05, 0) is 36.0 Å². The Bertz CT molecular complexity index is 723. The monoisotopic (exact) mass is 312 g/mol. The average Bonchev–Trinajstić information content (AvgIpc) is 2.83. The van der Waals surface area contributed by atoms with E-state index in [0.717, 1.165) is 16.7 Å². The van der Waals surface area contributed by atoms with E-state index in [0.29, 0.717) is 18.5 Å². The van der Waals surface area contributed by atoms with Crippen molar-refractivity contribution in [2.24, 2.45) is 0 Å². The fourth-order valence-corrected chi connectivity index (χ4v) is 3.35. The Morgan fingerprint density at radius 3 is 2.74 bits per heavy atom. The number of benzene rings is 1. The molecule has 2 atom stereocenters. The summed E-state index contributed by atoms with van der Waals surface area (Å²) < 4.78 is 0. The lowest BCUT2D eigenvalue weighted by Crippen LogP contribution is -2.52. The highest BCUT2D eigenvalue weighted by atomic mass is 16.2. The van der Waals surface area contributed by atoms with E-state index >= 15 is 0 Å². The molecule has 0 aliphatic carbocycles. The Balaban J connectivity index is 1.92. The van der Waals surface area contributed by atoms with E-state index in [1.807, 2.05) is 25.1 Å². The van der Waals surface area contributed by atoms with Gasteiger partial charge in [-0.1, -0.05) is 25.1 Å². The van der Waals surface area contributed by atoms with Crippen molar-refractivity contribution in [3.05, 3.63) is 47.0 Å². The molecular weight excluding hydrogens is 292 g/mol. The van der Waals surface area contributed by atoms with Gasteiger partial charge >= 0.3 is 0 Å². The molecule has 1 saturated heterocycles. The lowest BCUT2D eigenvalue weighted by atomic mass is 9.94. The standard InChI is InChI=1S/C18H20N2O3/c1-4-10(2)12-7-11(3)16-13(8-12)9-20(18(16)23)14-5-6-15(21)19-17(14)22/h4,7-8,10,14H,1,5-6,9H2,2-3H3,(H,19,21,22)/t10-,14?/m1/s1. The van der Waals surface area contributed by atoms with E-state index in [1.165, 1.54) is 0 Å². The lowest BCUT2D eigenvalue weighted by molar-refractivity contribution is -0.136. The molecular formula is C18H20N2O3. The maximum atomic E-state index is 12.7. The summed E-state index contributed by atoms with van der Waals surface area (Å²) in [7, 11) is 0. The first-order chi connectivity index (χ1) is 10.9. The Labute approximate surface area is 135 Å². The molecule has 3 rings (SSSR count). The van der Waals surface area contributed by atoms with E-state index in [1.54, 1.807) is 4.90 Å². The number of hydrogen-bond acceptors (Lipinski definition) is 3. The van der Waals surface area contributed by atoms with Crippen LogP contribution in [0.4, 0.5) is 0 Å². The molecule has 23 heavy (non-hydrogen) atoms. The summed E-state index contributed by atoms with van der Waals surface area (Å²) in [6, 6.07) is 3.47. The summed E-state index contributed by atoms with van der Waals surface area (Å²) in [6.45, 7) is 8.21. The third-order valence-corrected chi connectivity index (χ3v) is 4.72. The smallest absolute Gasteiger partial charge is 0.255 e. The predicted octanol–water partition coefficient (Wildman–Crippen LogP) is 2.05. The Morgan fingerprint density at radius 1 is 1.35 bits per heavy atom. The summed E-state index contributed by atoms with van der Waals surface area (Å²) >= 11 is 0. The molecule has 1 aromatic rings. The number of fused-ring (bicyclic) bond motifs is 1. The van der Waals surface area contributed by atoms with Crippen LogP contribution in [0.1, 0.15) is 52.7 Å². The number of imide groups is 1. The summed E-state index contributed by atoms with van der Waals surface area (Å²) in [5.74, 6) is -0.558. The molecule has 2 aliphatic heterocycles. The molecule has 5 heteroatoms. The van der Waals surface area contributed by atoms with Gasteiger partial charge in [-0.3, -0.25) is 19.7 Å². The van der Waals surface area contributed by atoms with Crippen molar-refractivity contribution in [2.75, 3.05) is 0 Å². The maximum Gasteiger partial charge on any atom is 0.255 e. The summed E-state index contributed by atoms with van der Waals surface area (Å²) in [4.78, 5) is 37.7. The Hall–Kier alpha value is -2.43. The number of amides is 3.